The lowest BCUT2D eigenvalue weighted by Gasteiger charge is -2.15. The van der Waals surface area contributed by atoms with Crippen molar-refractivity contribution in [2.24, 2.45) is 5.10 Å². The Morgan fingerprint density at radius 1 is 1.38 bits per heavy atom. The molecular weight excluding hydrogens is 532 g/mol. The Morgan fingerprint density at radius 2 is 2.09 bits per heavy atom. The number of nitro benzene ring substituents is 1. The Kier molecular flexibility index (Phi) is 7.68. The number of hydrogen-bond acceptors (Lipinski definition) is 7. The molecule has 0 aliphatic rings. The van der Waals surface area contributed by atoms with E-state index in [1.165, 1.54) is 19.2 Å². The SMILES string of the molecule is CC[C@@H](C)c1nc2ccc(Br)cc2c(=O)n1N=Cc1cc(Cl)cc([N+](=O)[O-])c1O[C@@H](C)C(=O)O. The third kappa shape index (κ3) is 5.26. The molecule has 12 heteroatoms. The number of rotatable bonds is 8. The average Bonchev–Trinajstić information content (AvgIpc) is 2.78. The lowest BCUT2D eigenvalue weighted by atomic mass is 10.1. The lowest BCUT2D eigenvalue weighted by molar-refractivity contribution is -0.386. The molecule has 0 saturated carbocycles. The van der Waals surface area contributed by atoms with Crippen molar-refractivity contribution in [2.75, 3.05) is 0 Å². The molecule has 1 N–H and O–H groups in total. The van der Waals surface area contributed by atoms with Gasteiger partial charge in [-0.15, -0.1) is 0 Å². The van der Waals surface area contributed by atoms with E-state index in [0.29, 0.717) is 27.6 Å². The number of nitrogens with zero attached hydrogens (tertiary/aromatic N) is 4. The summed E-state index contributed by atoms with van der Waals surface area (Å²) >= 11 is 9.40. The van der Waals surface area contributed by atoms with Crippen LogP contribution in [0.3, 0.4) is 0 Å². The molecule has 0 amide bonds. The zero-order valence-electron chi connectivity index (χ0n) is 18.4. The van der Waals surface area contributed by atoms with Crippen molar-refractivity contribution in [3.63, 3.8) is 0 Å². The molecule has 2 atom stereocenters. The largest absolute Gasteiger partial charge is 0.479 e. The first-order valence-corrected chi connectivity index (χ1v) is 11.3. The molecule has 3 rings (SSSR count). The van der Waals surface area contributed by atoms with E-state index in [1.807, 2.05) is 13.8 Å². The minimum atomic E-state index is -1.38. The summed E-state index contributed by atoms with van der Waals surface area (Å²) in [7, 11) is 0. The van der Waals surface area contributed by atoms with Crippen LogP contribution in [0, 0.1) is 10.1 Å². The van der Waals surface area contributed by atoms with Crippen molar-refractivity contribution in [1.29, 1.82) is 0 Å². The van der Waals surface area contributed by atoms with Crippen LogP contribution in [0.2, 0.25) is 5.02 Å². The monoisotopic (exact) mass is 550 g/mol. The van der Waals surface area contributed by atoms with Crippen LogP contribution in [-0.2, 0) is 4.79 Å². The van der Waals surface area contributed by atoms with E-state index in [0.717, 1.165) is 10.7 Å². The van der Waals surface area contributed by atoms with Crippen molar-refractivity contribution < 1.29 is 19.6 Å². The molecule has 0 bridgehead atoms. The van der Waals surface area contributed by atoms with Gasteiger partial charge in [0.15, 0.2) is 6.10 Å². The Hall–Kier alpha value is -3.31. The molecule has 0 aliphatic carbocycles. The highest BCUT2D eigenvalue weighted by atomic mass is 79.9. The van der Waals surface area contributed by atoms with E-state index in [2.05, 4.69) is 26.0 Å². The standard InChI is InChI=1S/C22H20BrClN4O6/c1-4-11(2)20-26-17-6-5-14(23)8-16(17)21(29)27(20)25-10-13-7-15(24)9-18(28(32)33)19(13)34-12(3)22(30)31/h5-12H,4H2,1-3H3,(H,30,31)/t11-,12+/m1/s1. The number of carboxylic acid groups (broad SMARTS) is 1. The topological polar surface area (TPSA) is 137 Å². The molecule has 0 radical (unpaired) electrons. The number of halogens is 2. The van der Waals surface area contributed by atoms with Gasteiger partial charge in [-0.2, -0.15) is 9.78 Å². The van der Waals surface area contributed by atoms with Gasteiger partial charge in [0.05, 0.1) is 22.0 Å². The summed E-state index contributed by atoms with van der Waals surface area (Å²) in [5.41, 5.74) is -0.427. The summed E-state index contributed by atoms with van der Waals surface area (Å²) in [6.45, 7) is 5.07. The van der Waals surface area contributed by atoms with Gasteiger partial charge in [0.1, 0.15) is 5.82 Å². The zero-order chi connectivity index (χ0) is 25.2. The quantitative estimate of drug-likeness (QED) is 0.237. The Balaban J connectivity index is 2.25. The highest BCUT2D eigenvalue weighted by molar-refractivity contribution is 9.10. The molecule has 0 spiro atoms. The van der Waals surface area contributed by atoms with Crippen LogP contribution >= 0.6 is 27.5 Å². The molecule has 178 valence electrons. The number of carbonyl (C=O) groups is 1. The maximum absolute atomic E-state index is 13.3. The zero-order valence-corrected chi connectivity index (χ0v) is 20.7. The minimum Gasteiger partial charge on any atom is -0.479 e. The number of benzene rings is 2. The number of carboxylic acids is 1. The number of aliphatic carboxylic acids is 1. The molecule has 1 heterocycles. The Morgan fingerprint density at radius 3 is 2.71 bits per heavy atom. The molecule has 0 aliphatic heterocycles. The first-order valence-electron chi connectivity index (χ1n) is 10.2. The van der Waals surface area contributed by atoms with Gasteiger partial charge in [-0.1, -0.05) is 41.4 Å². The van der Waals surface area contributed by atoms with Gasteiger partial charge in [-0.25, -0.2) is 9.78 Å². The van der Waals surface area contributed by atoms with Crippen LogP contribution in [0.15, 0.2) is 44.7 Å². The fraction of sp³-hybridized carbons (Fsp3) is 0.273. The summed E-state index contributed by atoms with van der Waals surface area (Å²) in [5, 5.41) is 25.4. The Labute approximate surface area is 207 Å². The first-order chi connectivity index (χ1) is 16.0. The van der Waals surface area contributed by atoms with Gasteiger partial charge in [-0.05, 0) is 37.6 Å². The predicted octanol–water partition coefficient (Wildman–Crippen LogP) is 4.97. The number of fused-ring (bicyclic) bond motifs is 1. The number of nitro groups is 1. The minimum absolute atomic E-state index is 0.0125. The average molecular weight is 552 g/mol. The second kappa shape index (κ2) is 10.3. The van der Waals surface area contributed by atoms with Gasteiger partial charge in [0.25, 0.3) is 5.56 Å². The van der Waals surface area contributed by atoms with Crippen molar-refractivity contribution in [3.05, 3.63) is 71.7 Å². The number of aromatic nitrogens is 2. The molecule has 0 fully saturated rings. The smallest absolute Gasteiger partial charge is 0.344 e. The molecule has 1 aromatic heterocycles. The molecule has 3 aromatic rings. The van der Waals surface area contributed by atoms with E-state index in [-0.39, 0.29) is 22.3 Å². The second-order valence-electron chi connectivity index (χ2n) is 7.50. The molecule has 10 nitrogen and oxygen atoms in total. The van der Waals surface area contributed by atoms with Crippen LogP contribution in [0.4, 0.5) is 5.69 Å². The normalized spacial score (nSPS) is 13.2. The van der Waals surface area contributed by atoms with Gasteiger partial charge in [0.2, 0.25) is 5.75 Å². The van der Waals surface area contributed by atoms with Crippen LogP contribution < -0.4 is 10.3 Å². The number of hydrogen-bond donors (Lipinski definition) is 1. The van der Waals surface area contributed by atoms with Crippen LogP contribution in [0.1, 0.15) is 44.5 Å². The summed E-state index contributed by atoms with van der Waals surface area (Å²) in [5.74, 6) is -1.37. The molecule has 34 heavy (non-hydrogen) atoms. The molecule has 0 unspecified atom stereocenters. The third-order valence-electron chi connectivity index (χ3n) is 5.10. The summed E-state index contributed by atoms with van der Waals surface area (Å²) in [4.78, 5) is 40.0. The fourth-order valence-corrected chi connectivity index (χ4v) is 3.67. The van der Waals surface area contributed by atoms with E-state index in [4.69, 9.17) is 16.3 Å². The van der Waals surface area contributed by atoms with E-state index >= 15 is 0 Å². The summed E-state index contributed by atoms with van der Waals surface area (Å²) in [6, 6.07) is 7.52. The van der Waals surface area contributed by atoms with Crippen molar-refractivity contribution in [1.82, 2.24) is 9.66 Å². The van der Waals surface area contributed by atoms with Crippen LogP contribution in [0.5, 0.6) is 5.75 Å². The predicted molar refractivity (Wildman–Crippen MR) is 131 cm³/mol. The Bertz CT molecular complexity index is 1370. The fourth-order valence-electron chi connectivity index (χ4n) is 3.09. The van der Waals surface area contributed by atoms with Gasteiger partial charge >= 0.3 is 11.7 Å². The van der Waals surface area contributed by atoms with E-state index in [1.54, 1.807) is 18.2 Å². The third-order valence-corrected chi connectivity index (χ3v) is 5.81. The summed E-state index contributed by atoms with van der Waals surface area (Å²) in [6.07, 6.45) is 0.462. The van der Waals surface area contributed by atoms with Gasteiger partial charge in [-0.3, -0.25) is 14.9 Å². The van der Waals surface area contributed by atoms with Crippen LogP contribution in [0.25, 0.3) is 10.9 Å². The highest BCUT2D eigenvalue weighted by Gasteiger charge is 2.25. The number of ether oxygens (including phenoxy) is 1. The second-order valence-corrected chi connectivity index (χ2v) is 8.85. The first kappa shape index (κ1) is 25.3. The van der Waals surface area contributed by atoms with Gasteiger partial charge < -0.3 is 9.84 Å². The maximum Gasteiger partial charge on any atom is 0.344 e. The highest BCUT2D eigenvalue weighted by Crippen LogP contribution is 2.34. The molecule has 0 saturated heterocycles. The molecular formula is C22H20BrClN4O6. The van der Waals surface area contributed by atoms with E-state index in [9.17, 15) is 24.8 Å². The van der Waals surface area contributed by atoms with Crippen molar-refractivity contribution in [3.8, 4) is 5.75 Å². The maximum atomic E-state index is 13.3. The van der Waals surface area contributed by atoms with Crippen molar-refractivity contribution >= 4 is 56.3 Å². The summed E-state index contributed by atoms with van der Waals surface area (Å²) < 4.78 is 7.17. The lowest BCUT2D eigenvalue weighted by Crippen LogP contribution is -2.25. The van der Waals surface area contributed by atoms with E-state index < -0.39 is 28.2 Å². The van der Waals surface area contributed by atoms with Crippen LogP contribution in [-0.4, -0.2) is 38.0 Å². The molecule has 2 aromatic carbocycles. The van der Waals surface area contributed by atoms with Crippen molar-refractivity contribution in [2.45, 2.75) is 39.2 Å². The van der Waals surface area contributed by atoms with Gasteiger partial charge in [0, 0.05) is 27.0 Å².